The van der Waals surface area contributed by atoms with Gasteiger partial charge < -0.3 is 14.1 Å². The fourth-order valence-electron chi connectivity index (χ4n) is 1.76. The zero-order chi connectivity index (χ0) is 13.2. The number of aromatic nitrogens is 1. The smallest absolute Gasteiger partial charge is 0.410 e. The van der Waals surface area contributed by atoms with Crippen LogP contribution in [0.4, 0.5) is 4.79 Å². The lowest BCUT2D eigenvalue weighted by Gasteiger charge is -2.29. The van der Waals surface area contributed by atoms with Crippen molar-refractivity contribution in [1.82, 2.24) is 9.88 Å². The summed E-state index contributed by atoms with van der Waals surface area (Å²) >= 11 is 0. The third-order valence-corrected chi connectivity index (χ3v) is 2.51. The van der Waals surface area contributed by atoms with Gasteiger partial charge in [-0.15, -0.1) is 0 Å². The van der Waals surface area contributed by atoms with E-state index in [1.807, 2.05) is 26.8 Å². The Bertz CT molecular complexity index is 443. The average Bonchev–Trinajstić information content (AvgIpc) is 2.80. The van der Waals surface area contributed by atoms with Gasteiger partial charge in [0.1, 0.15) is 11.9 Å². The van der Waals surface area contributed by atoms with Gasteiger partial charge in [0.2, 0.25) is 5.89 Å². The van der Waals surface area contributed by atoms with Gasteiger partial charge in [0, 0.05) is 12.1 Å². The second kappa shape index (κ2) is 4.84. The molecule has 0 fully saturated rings. The third-order valence-electron chi connectivity index (χ3n) is 2.51. The molecule has 2 rings (SSSR count). The summed E-state index contributed by atoms with van der Waals surface area (Å²) in [5.41, 5.74) is 0.457. The molecule has 0 spiro atoms. The number of carbonyl (C=O) groups is 1. The summed E-state index contributed by atoms with van der Waals surface area (Å²) in [4.78, 5) is 17.7. The van der Waals surface area contributed by atoms with Gasteiger partial charge in [-0.3, -0.25) is 0 Å². The average molecular weight is 250 g/mol. The molecular weight excluding hydrogens is 232 g/mol. The van der Waals surface area contributed by atoms with Gasteiger partial charge in [0.25, 0.3) is 0 Å². The van der Waals surface area contributed by atoms with E-state index in [-0.39, 0.29) is 6.09 Å². The Balaban J connectivity index is 2.02. The van der Waals surface area contributed by atoms with E-state index >= 15 is 0 Å². The summed E-state index contributed by atoms with van der Waals surface area (Å²) < 4.78 is 10.6. The molecule has 1 aromatic rings. The molecule has 5 nitrogen and oxygen atoms in total. The first-order valence-electron chi connectivity index (χ1n) is 6.02. The van der Waals surface area contributed by atoms with Crippen molar-refractivity contribution < 1.29 is 13.9 Å². The molecule has 18 heavy (non-hydrogen) atoms. The largest absolute Gasteiger partial charge is 0.445 e. The normalized spacial score (nSPS) is 16.4. The lowest BCUT2D eigenvalue weighted by atomic mass is 10.1. The summed E-state index contributed by atoms with van der Waals surface area (Å²) in [5.74, 6) is 0.572. The maximum atomic E-state index is 12.0. The molecule has 0 radical (unpaired) electrons. The summed E-state index contributed by atoms with van der Waals surface area (Å²) in [6.45, 7) is 6.73. The van der Waals surface area contributed by atoms with Crippen molar-refractivity contribution in [2.75, 3.05) is 13.1 Å². The van der Waals surface area contributed by atoms with Crippen molar-refractivity contribution in [3.63, 3.8) is 0 Å². The topological polar surface area (TPSA) is 55.6 Å². The van der Waals surface area contributed by atoms with Gasteiger partial charge in [-0.2, -0.15) is 0 Å². The Morgan fingerprint density at radius 2 is 2.28 bits per heavy atom. The van der Waals surface area contributed by atoms with Crippen molar-refractivity contribution in [2.24, 2.45) is 0 Å². The highest BCUT2D eigenvalue weighted by atomic mass is 16.6. The van der Waals surface area contributed by atoms with Crippen LogP contribution in [-0.2, 0) is 4.74 Å². The second-order valence-corrected chi connectivity index (χ2v) is 5.26. The van der Waals surface area contributed by atoms with Gasteiger partial charge in [0.05, 0.1) is 12.7 Å². The van der Waals surface area contributed by atoms with Crippen molar-refractivity contribution in [2.45, 2.75) is 32.8 Å². The lowest BCUT2D eigenvalue weighted by Crippen LogP contribution is -2.39. The minimum Gasteiger partial charge on any atom is -0.445 e. The van der Waals surface area contributed by atoms with Gasteiger partial charge in [-0.25, -0.2) is 9.78 Å². The van der Waals surface area contributed by atoms with Crippen LogP contribution in [0.2, 0.25) is 0 Å². The van der Waals surface area contributed by atoms with E-state index in [0.29, 0.717) is 19.0 Å². The van der Waals surface area contributed by atoms with Gasteiger partial charge in [-0.1, -0.05) is 6.08 Å². The summed E-state index contributed by atoms with van der Waals surface area (Å²) in [6, 6.07) is 0. The van der Waals surface area contributed by atoms with E-state index in [1.54, 1.807) is 11.1 Å². The summed E-state index contributed by atoms with van der Waals surface area (Å²) in [7, 11) is 0. The predicted octanol–water partition coefficient (Wildman–Crippen LogP) is 2.70. The molecule has 0 bridgehead atoms. The molecule has 0 saturated heterocycles. The lowest BCUT2D eigenvalue weighted by molar-refractivity contribution is 0.0272. The number of rotatable bonds is 1. The fraction of sp³-hybridized carbons (Fsp3) is 0.538. The molecule has 2 heterocycles. The van der Waals surface area contributed by atoms with E-state index < -0.39 is 5.60 Å². The molecule has 0 saturated carbocycles. The van der Waals surface area contributed by atoms with Crippen LogP contribution < -0.4 is 0 Å². The Kier molecular flexibility index (Phi) is 3.41. The highest BCUT2D eigenvalue weighted by Crippen LogP contribution is 2.21. The first-order chi connectivity index (χ1) is 8.46. The van der Waals surface area contributed by atoms with E-state index in [2.05, 4.69) is 4.98 Å². The number of nitrogens with zero attached hydrogens (tertiary/aromatic N) is 2. The summed E-state index contributed by atoms with van der Waals surface area (Å²) in [6.07, 6.45) is 5.68. The molecule has 1 aliphatic heterocycles. The molecule has 0 atom stereocenters. The van der Waals surface area contributed by atoms with Crippen LogP contribution in [0.1, 0.15) is 33.1 Å². The maximum Gasteiger partial charge on any atom is 0.410 e. The summed E-state index contributed by atoms with van der Waals surface area (Å²) in [5, 5.41) is 0. The molecule has 0 aromatic carbocycles. The van der Waals surface area contributed by atoms with Crippen LogP contribution in [-0.4, -0.2) is 34.7 Å². The third kappa shape index (κ3) is 3.12. The monoisotopic (exact) mass is 250 g/mol. The van der Waals surface area contributed by atoms with Crippen molar-refractivity contribution in [3.05, 3.63) is 24.4 Å². The maximum absolute atomic E-state index is 12.0. The number of carbonyl (C=O) groups excluding carboxylic acids is 1. The molecule has 1 aromatic heterocycles. The molecule has 98 valence electrons. The van der Waals surface area contributed by atoms with Crippen LogP contribution in [0.25, 0.3) is 5.57 Å². The molecule has 1 amide bonds. The van der Waals surface area contributed by atoms with E-state index in [0.717, 1.165) is 12.0 Å². The van der Waals surface area contributed by atoms with E-state index in [4.69, 9.17) is 9.15 Å². The zero-order valence-corrected chi connectivity index (χ0v) is 11.0. The Morgan fingerprint density at radius 3 is 2.89 bits per heavy atom. The van der Waals surface area contributed by atoms with Crippen molar-refractivity contribution in [3.8, 4) is 0 Å². The molecule has 0 unspecified atom stereocenters. The fourth-order valence-corrected chi connectivity index (χ4v) is 1.76. The molecule has 5 heteroatoms. The number of hydrogen-bond acceptors (Lipinski definition) is 4. The zero-order valence-electron chi connectivity index (χ0n) is 11.0. The molecular formula is C13H18N2O3. The van der Waals surface area contributed by atoms with Crippen molar-refractivity contribution in [1.29, 1.82) is 0 Å². The minimum atomic E-state index is -0.471. The minimum absolute atomic E-state index is 0.292. The Labute approximate surface area is 106 Å². The van der Waals surface area contributed by atoms with Crippen LogP contribution in [0.15, 0.2) is 23.0 Å². The highest BCUT2D eigenvalue weighted by molar-refractivity contribution is 5.73. The molecule has 1 aliphatic rings. The Hall–Kier alpha value is -1.78. The molecule has 0 N–H and O–H groups in total. The standard InChI is InChI=1S/C13H18N2O3/c1-13(2,3)18-12(16)15-7-4-5-10(9-15)11-14-6-8-17-11/h5-6,8H,4,7,9H2,1-3H3. The van der Waals surface area contributed by atoms with Gasteiger partial charge in [-0.05, 0) is 27.2 Å². The Morgan fingerprint density at radius 1 is 1.50 bits per heavy atom. The number of oxazole rings is 1. The van der Waals surface area contributed by atoms with Crippen molar-refractivity contribution >= 4 is 11.7 Å². The first-order valence-corrected chi connectivity index (χ1v) is 6.02. The highest BCUT2D eigenvalue weighted by Gasteiger charge is 2.25. The molecule has 0 aliphatic carbocycles. The number of ether oxygens (including phenoxy) is 1. The van der Waals surface area contributed by atoms with Crippen LogP contribution in [0.3, 0.4) is 0 Å². The van der Waals surface area contributed by atoms with Gasteiger partial charge in [0.15, 0.2) is 0 Å². The first kappa shape index (κ1) is 12.7. The van der Waals surface area contributed by atoms with Crippen LogP contribution in [0, 0.1) is 0 Å². The second-order valence-electron chi connectivity index (χ2n) is 5.26. The SMILES string of the molecule is CC(C)(C)OC(=O)N1CCC=C(c2ncco2)C1. The van der Waals surface area contributed by atoms with Gasteiger partial charge >= 0.3 is 6.09 Å². The van der Waals surface area contributed by atoms with Crippen LogP contribution in [0.5, 0.6) is 0 Å². The van der Waals surface area contributed by atoms with E-state index in [9.17, 15) is 4.79 Å². The van der Waals surface area contributed by atoms with E-state index in [1.165, 1.54) is 6.26 Å². The number of amides is 1. The predicted molar refractivity (Wildman–Crippen MR) is 66.9 cm³/mol. The quantitative estimate of drug-likeness (QED) is 0.769. The number of hydrogen-bond donors (Lipinski definition) is 0. The van der Waals surface area contributed by atoms with Crippen LogP contribution >= 0.6 is 0 Å².